The summed E-state index contributed by atoms with van der Waals surface area (Å²) in [6.45, 7) is 6.19. The zero-order chi connectivity index (χ0) is 28.5. The third kappa shape index (κ3) is 7.21. The monoisotopic (exact) mass is 554 g/mol. The zero-order valence-corrected chi connectivity index (χ0v) is 23.2. The Hall–Kier alpha value is -2.96. The number of halogens is 4. The van der Waals surface area contributed by atoms with Gasteiger partial charge in [-0.25, -0.2) is 17.6 Å². The minimum absolute atomic E-state index is 0.0850. The van der Waals surface area contributed by atoms with E-state index in [2.05, 4.69) is 13.5 Å². The molecule has 3 aromatic rings. The molecule has 0 spiro atoms. The average molecular weight is 555 g/mol. The highest BCUT2D eigenvalue weighted by molar-refractivity contribution is 5.71. The molecule has 40 heavy (non-hydrogen) atoms. The van der Waals surface area contributed by atoms with Crippen LogP contribution in [-0.4, -0.2) is 19.5 Å². The molecule has 1 heterocycles. The van der Waals surface area contributed by atoms with Crippen LogP contribution in [0.3, 0.4) is 0 Å². The number of unbranched alkanes of at least 4 members (excludes halogenated alkanes) is 7. The molecule has 1 aliphatic heterocycles. The van der Waals surface area contributed by atoms with Crippen LogP contribution in [0.15, 0.2) is 61.2 Å². The van der Waals surface area contributed by atoms with E-state index in [1.807, 2.05) is 0 Å². The molecule has 0 aromatic heterocycles. The summed E-state index contributed by atoms with van der Waals surface area (Å²) in [5.41, 5.74) is 1.69. The second-order valence-electron chi connectivity index (χ2n) is 10.5. The first kappa shape index (κ1) is 30.0. The topological polar surface area (TPSA) is 18.5 Å². The fraction of sp³-hybridized carbons (Fsp3) is 0.412. The van der Waals surface area contributed by atoms with Crippen molar-refractivity contribution in [1.29, 1.82) is 0 Å². The molecule has 1 aliphatic rings. The normalized spacial score (nSPS) is 17.2. The Bertz CT molecular complexity index is 1260. The molecule has 0 unspecified atom stereocenters. The van der Waals surface area contributed by atoms with Crippen LogP contribution in [0, 0.1) is 23.3 Å². The zero-order valence-electron chi connectivity index (χ0n) is 23.2. The van der Waals surface area contributed by atoms with Crippen LogP contribution >= 0.6 is 0 Å². The summed E-state index contributed by atoms with van der Waals surface area (Å²) >= 11 is 0. The minimum atomic E-state index is -0.973. The van der Waals surface area contributed by atoms with Crippen LogP contribution in [-0.2, 0) is 15.9 Å². The maximum atomic E-state index is 15.1. The number of ether oxygens (including phenoxy) is 2. The predicted molar refractivity (Wildman–Crippen MR) is 152 cm³/mol. The number of rotatable bonds is 13. The summed E-state index contributed by atoms with van der Waals surface area (Å²) in [7, 11) is 0. The van der Waals surface area contributed by atoms with Crippen molar-refractivity contribution in [2.75, 3.05) is 13.2 Å². The molecule has 2 nitrogen and oxygen atoms in total. The van der Waals surface area contributed by atoms with E-state index in [1.165, 1.54) is 50.3 Å². The number of aryl methyl sites for hydroxylation is 1. The predicted octanol–water partition coefficient (Wildman–Crippen LogP) is 9.90. The van der Waals surface area contributed by atoms with Gasteiger partial charge < -0.3 is 9.47 Å². The average Bonchev–Trinajstić information content (AvgIpc) is 2.98. The Morgan fingerprint density at radius 3 is 1.77 bits per heavy atom. The van der Waals surface area contributed by atoms with Crippen molar-refractivity contribution in [3.05, 3.63) is 95.6 Å². The van der Waals surface area contributed by atoms with E-state index in [0.29, 0.717) is 23.1 Å². The fourth-order valence-electron chi connectivity index (χ4n) is 5.22. The van der Waals surface area contributed by atoms with E-state index in [0.717, 1.165) is 19.3 Å². The van der Waals surface area contributed by atoms with Crippen molar-refractivity contribution < 1.29 is 27.0 Å². The summed E-state index contributed by atoms with van der Waals surface area (Å²) in [5.74, 6) is -4.06. The van der Waals surface area contributed by atoms with Crippen LogP contribution in [0.5, 0.6) is 0 Å². The van der Waals surface area contributed by atoms with Crippen molar-refractivity contribution in [1.82, 2.24) is 0 Å². The molecule has 1 saturated heterocycles. The van der Waals surface area contributed by atoms with Crippen LogP contribution in [0.4, 0.5) is 17.6 Å². The molecule has 4 rings (SSSR count). The van der Waals surface area contributed by atoms with E-state index in [4.69, 9.17) is 9.47 Å². The molecule has 0 amide bonds. The Morgan fingerprint density at radius 1 is 0.675 bits per heavy atom. The SMILES string of the molecule is C=CC1OCC(c2ccc(-c3ccc(-c4ccc(CCCCCCCCCC)c(F)c4F)cc3)c(F)c2F)CO1. The van der Waals surface area contributed by atoms with Crippen LogP contribution in [0.2, 0.25) is 0 Å². The lowest BCUT2D eigenvalue weighted by Gasteiger charge is -2.28. The van der Waals surface area contributed by atoms with Gasteiger partial charge in [-0.3, -0.25) is 0 Å². The van der Waals surface area contributed by atoms with E-state index in [9.17, 15) is 13.2 Å². The van der Waals surface area contributed by atoms with E-state index >= 15 is 4.39 Å². The Labute approximate surface area is 235 Å². The quantitative estimate of drug-likeness (QED) is 0.119. The van der Waals surface area contributed by atoms with Crippen molar-refractivity contribution in [2.45, 2.75) is 76.9 Å². The van der Waals surface area contributed by atoms with Crippen molar-refractivity contribution in [2.24, 2.45) is 0 Å². The molecular weight excluding hydrogens is 516 g/mol. The molecule has 3 aromatic carbocycles. The van der Waals surface area contributed by atoms with Crippen LogP contribution in [0.25, 0.3) is 22.3 Å². The van der Waals surface area contributed by atoms with Gasteiger partial charge in [-0.1, -0.05) is 107 Å². The summed E-state index contributed by atoms with van der Waals surface area (Å²) in [6.07, 6.45) is 10.6. The second kappa shape index (κ2) is 14.6. The minimum Gasteiger partial charge on any atom is -0.348 e. The van der Waals surface area contributed by atoms with Gasteiger partial charge in [-0.15, -0.1) is 0 Å². The van der Waals surface area contributed by atoms with Crippen molar-refractivity contribution in [3.8, 4) is 22.3 Å². The molecule has 214 valence electrons. The molecule has 0 atom stereocenters. The standard InChI is InChI=1S/C34H38F4O2/c1-3-5-6-7-8-9-10-11-12-25-17-18-27(32(36)31(25)35)23-13-15-24(16-14-23)28-19-20-29(34(38)33(28)37)26-21-39-30(4-2)40-22-26/h4,13-20,26,30H,2-3,5-12,21-22H2,1H3. The Kier molecular flexibility index (Phi) is 11.0. The first-order valence-electron chi connectivity index (χ1n) is 14.4. The van der Waals surface area contributed by atoms with Gasteiger partial charge >= 0.3 is 0 Å². The highest BCUT2D eigenvalue weighted by atomic mass is 19.2. The summed E-state index contributed by atoms with van der Waals surface area (Å²) in [4.78, 5) is 0. The molecule has 6 heteroatoms. The smallest absolute Gasteiger partial charge is 0.176 e. The van der Waals surface area contributed by atoms with Gasteiger partial charge in [-0.05, 0) is 41.2 Å². The molecule has 0 radical (unpaired) electrons. The lowest BCUT2D eigenvalue weighted by atomic mass is 9.94. The third-order valence-corrected chi connectivity index (χ3v) is 7.64. The van der Waals surface area contributed by atoms with Gasteiger partial charge in [0.1, 0.15) is 0 Å². The fourth-order valence-corrected chi connectivity index (χ4v) is 5.22. The lowest BCUT2D eigenvalue weighted by Crippen LogP contribution is -2.30. The maximum Gasteiger partial charge on any atom is 0.176 e. The second-order valence-corrected chi connectivity index (χ2v) is 10.5. The summed E-state index contributed by atoms with van der Waals surface area (Å²) in [6, 6.07) is 12.6. The van der Waals surface area contributed by atoms with E-state index in [1.54, 1.807) is 36.4 Å². The molecule has 0 bridgehead atoms. The maximum absolute atomic E-state index is 15.1. The summed E-state index contributed by atoms with van der Waals surface area (Å²) < 4.78 is 70.8. The largest absolute Gasteiger partial charge is 0.348 e. The molecule has 0 saturated carbocycles. The van der Waals surface area contributed by atoms with Gasteiger partial charge in [0.15, 0.2) is 29.6 Å². The van der Waals surface area contributed by atoms with Gasteiger partial charge in [-0.2, -0.15) is 0 Å². The van der Waals surface area contributed by atoms with Gasteiger partial charge in [0.2, 0.25) is 0 Å². The first-order valence-corrected chi connectivity index (χ1v) is 14.4. The molecular formula is C34H38F4O2. The van der Waals surface area contributed by atoms with Gasteiger partial charge in [0.25, 0.3) is 0 Å². The molecule has 0 N–H and O–H groups in total. The van der Waals surface area contributed by atoms with Gasteiger partial charge in [0.05, 0.1) is 13.2 Å². The third-order valence-electron chi connectivity index (χ3n) is 7.64. The summed E-state index contributed by atoms with van der Waals surface area (Å²) in [5, 5.41) is 0. The van der Waals surface area contributed by atoms with Gasteiger partial charge in [0, 0.05) is 17.0 Å². The number of hydrogen-bond donors (Lipinski definition) is 0. The van der Waals surface area contributed by atoms with E-state index < -0.39 is 35.5 Å². The van der Waals surface area contributed by atoms with Crippen molar-refractivity contribution in [3.63, 3.8) is 0 Å². The number of benzene rings is 3. The molecule has 1 fully saturated rings. The van der Waals surface area contributed by atoms with Crippen LogP contribution in [0.1, 0.15) is 75.3 Å². The Morgan fingerprint density at radius 2 is 1.20 bits per heavy atom. The van der Waals surface area contributed by atoms with Crippen LogP contribution < -0.4 is 0 Å². The highest BCUT2D eigenvalue weighted by Crippen LogP contribution is 2.34. The first-order chi connectivity index (χ1) is 19.4. The molecule has 0 aliphatic carbocycles. The Balaban J connectivity index is 1.40. The van der Waals surface area contributed by atoms with Crippen molar-refractivity contribution >= 4 is 0 Å². The highest BCUT2D eigenvalue weighted by Gasteiger charge is 2.26. The lowest BCUT2D eigenvalue weighted by molar-refractivity contribution is -0.159. The number of hydrogen-bond acceptors (Lipinski definition) is 2. The van der Waals surface area contributed by atoms with E-state index in [-0.39, 0.29) is 29.9 Å².